The van der Waals surface area contributed by atoms with E-state index in [0.29, 0.717) is 29.3 Å². The molecule has 4 unspecified atom stereocenters. The average Bonchev–Trinajstić information content (AvgIpc) is 3.40. The molecule has 0 aliphatic heterocycles. The number of nitrogens with zero attached hydrogens (tertiary/aromatic N) is 1. The van der Waals surface area contributed by atoms with Gasteiger partial charge in [0.1, 0.15) is 17.2 Å². The van der Waals surface area contributed by atoms with E-state index in [9.17, 15) is 18.0 Å². The Morgan fingerprint density at radius 1 is 1.32 bits per heavy atom. The molecule has 2 aliphatic carbocycles. The number of aliphatic carboxylic acids is 1. The van der Waals surface area contributed by atoms with Crippen LogP contribution in [0.1, 0.15) is 41.0 Å². The Hall–Kier alpha value is -2.32. The van der Waals surface area contributed by atoms with Crippen LogP contribution < -0.4 is 4.74 Å². The van der Waals surface area contributed by atoms with Crippen molar-refractivity contribution >= 4 is 34.7 Å². The second-order valence-electron chi connectivity index (χ2n) is 7.77. The van der Waals surface area contributed by atoms with Gasteiger partial charge in [0, 0.05) is 5.56 Å². The summed E-state index contributed by atoms with van der Waals surface area (Å²) in [4.78, 5) is 10.2. The van der Waals surface area contributed by atoms with Crippen LogP contribution in [0.5, 0.6) is 5.75 Å². The van der Waals surface area contributed by atoms with Crippen molar-refractivity contribution in [2.24, 2.45) is 11.8 Å². The Morgan fingerprint density at radius 3 is 2.61 bits per heavy atom. The number of ether oxygens (including phenoxy) is 1. The lowest BCUT2D eigenvalue weighted by Gasteiger charge is -2.18. The number of carbonyl (C=O) groups is 1. The molecule has 2 aliphatic rings. The van der Waals surface area contributed by atoms with Gasteiger partial charge in [-0.1, -0.05) is 37.3 Å². The summed E-state index contributed by atoms with van der Waals surface area (Å²) in [6.07, 6.45) is 1.33. The van der Waals surface area contributed by atoms with Gasteiger partial charge < -0.3 is 9.84 Å². The van der Waals surface area contributed by atoms with Gasteiger partial charge in [-0.3, -0.25) is 4.79 Å². The summed E-state index contributed by atoms with van der Waals surface area (Å²) in [6, 6.07) is 6.82. The van der Waals surface area contributed by atoms with Crippen LogP contribution in [0.2, 0.25) is 0 Å². The fraction of sp³-hybridized carbons (Fsp3) is 0.364. The van der Waals surface area contributed by atoms with Crippen molar-refractivity contribution in [1.82, 2.24) is 4.37 Å². The van der Waals surface area contributed by atoms with Gasteiger partial charge in [-0.15, -0.1) is 11.6 Å². The van der Waals surface area contributed by atoms with E-state index in [1.54, 1.807) is 36.4 Å². The van der Waals surface area contributed by atoms with Crippen molar-refractivity contribution < 1.29 is 27.8 Å². The largest absolute Gasteiger partial charge is 0.489 e. The van der Waals surface area contributed by atoms with Crippen molar-refractivity contribution in [3.8, 4) is 5.75 Å². The van der Waals surface area contributed by atoms with E-state index in [2.05, 4.69) is 4.37 Å². The molecule has 1 aromatic heterocycles. The molecule has 2 aromatic rings. The lowest BCUT2D eigenvalue weighted by atomic mass is 9.94. The maximum atomic E-state index is 13.6. The maximum Gasteiger partial charge on any atom is 0.427 e. The molecule has 4 rings (SSSR count). The second-order valence-corrected chi connectivity index (χ2v) is 9.04. The smallest absolute Gasteiger partial charge is 0.427 e. The molecule has 4 nitrogen and oxygen atoms in total. The highest BCUT2D eigenvalue weighted by atomic mass is 35.5. The zero-order chi connectivity index (χ0) is 22.3. The molecule has 1 N–H and O–H groups in total. The molecule has 1 saturated carbocycles. The van der Waals surface area contributed by atoms with Gasteiger partial charge in [-0.05, 0) is 53.1 Å². The zero-order valence-corrected chi connectivity index (χ0v) is 18.0. The fourth-order valence-corrected chi connectivity index (χ4v) is 4.57. The minimum atomic E-state index is -4.53. The number of hydrogen-bond donors (Lipinski definition) is 1. The van der Waals surface area contributed by atoms with Gasteiger partial charge in [-0.2, -0.15) is 17.5 Å². The molecule has 0 saturated heterocycles. The number of alkyl halides is 4. The molecule has 0 amide bonds. The van der Waals surface area contributed by atoms with Crippen LogP contribution >= 0.6 is 23.1 Å². The normalized spacial score (nSPS) is 25.3. The topological polar surface area (TPSA) is 59.4 Å². The summed E-state index contributed by atoms with van der Waals surface area (Å²) < 4.78 is 50.4. The average molecular weight is 470 g/mol. The number of aromatic nitrogens is 1. The number of allylic oxidation sites excluding steroid dienone is 4. The third kappa shape index (κ3) is 4.65. The Morgan fingerprint density at radius 2 is 2.03 bits per heavy atom. The molecule has 0 bridgehead atoms. The van der Waals surface area contributed by atoms with Crippen molar-refractivity contribution in [3.63, 3.8) is 0 Å². The molecule has 31 heavy (non-hydrogen) atoms. The lowest BCUT2D eigenvalue weighted by molar-refractivity contribution is -0.138. The van der Waals surface area contributed by atoms with Crippen molar-refractivity contribution in [2.75, 3.05) is 0 Å². The number of halogens is 4. The van der Waals surface area contributed by atoms with E-state index in [1.807, 2.05) is 13.0 Å². The number of hydrogen-bond acceptors (Lipinski definition) is 4. The van der Waals surface area contributed by atoms with E-state index < -0.39 is 17.0 Å². The quantitative estimate of drug-likeness (QED) is 0.517. The number of carboxylic acids is 1. The van der Waals surface area contributed by atoms with Gasteiger partial charge in [0.15, 0.2) is 0 Å². The maximum absolute atomic E-state index is 13.6. The molecule has 4 atom stereocenters. The standard InChI is InChI=1S/C22H19ClF3NO3S/c1-11-8-13(4-7-18(11)23)19-17(20(31-27-19)22(24,25)26)10-30-14-5-2-12(3-6-14)15-9-16(15)21(28)29/h2-8,11,15-16,18H,9-10H2,1H3,(H,28,29). The highest BCUT2D eigenvalue weighted by Gasteiger charge is 2.44. The first-order chi connectivity index (χ1) is 14.6. The third-order valence-corrected chi connectivity index (χ3v) is 7.00. The van der Waals surface area contributed by atoms with Crippen LogP contribution in [0, 0.1) is 11.8 Å². The van der Waals surface area contributed by atoms with Gasteiger partial charge in [0.05, 0.1) is 17.0 Å². The fourth-order valence-electron chi connectivity index (χ4n) is 3.66. The lowest BCUT2D eigenvalue weighted by Crippen LogP contribution is -2.12. The number of rotatable bonds is 6. The summed E-state index contributed by atoms with van der Waals surface area (Å²) in [6.45, 7) is 1.61. The Bertz CT molecular complexity index is 1050. The summed E-state index contributed by atoms with van der Waals surface area (Å²) in [5, 5.41) is 8.83. The molecule has 164 valence electrons. The summed E-state index contributed by atoms with van der Waals surface area (Å²) >= 11 is 6.57. The van der Waals surface area contributed by atoms with E-state index in [0.717, 1.165) is 5.56 Å². The van der Waals surface area contributed by atoms with Crippen LogP contribution in [-0.4, -0.2) is 20.8 Å². The van der Waals surface area contributed by atoms with E-state index in [-0.39, 0.29) is 41.0 Å². The Labute approximate surface area is 186 Å². The molecule has 1 heterocycles. The SMILES string of the molecule is CC1C=C(c2nsc(C(F)(F)F)c2COc2ccc(C3CC3C(=O)O)cc2)C=CC1Cl. The van der Waals surface area contributed by atoms with Gasteiger partial charge in [0.25, 0.3) is 0 Å². The highest BCUT2D eigenvalue weighted by molar-refractivity contribution is 7.06. The van der Waals surface area contributed by atoms with E-state index >= 15 is 0 Å². The van der Waals surface area contributed by atoms with Crippen LogP contribution in [0.25, 0.3) is 5.57 Å². The molecule has 1 aromatic carbocycles. The number of benzene rings is 1. The molecular weight excluding hydrogens is 451 g/mol. The van der Waals surface area contributed by atoms with E-state index in [1.165, 1.54) is 0 Å². The van der Waals surface area contributed by atoms with Gasteiger partial charge >= 0.3 is 12.1 Å². The predicted molar refractivity (Wildman–Crippen MR) is 112 cm³/mol. The monoisotopic (exact) mass is 469 g/mol. The molecule has 1 fully saturated rings. The summed E-state index contributed by atoms with van der Waals surface area (Å²) in [5.74, 6) is -0.829. The van der Waals surface area contributed by atoms with Gasteiger partial charge in [-0.25, -0.2) is 0 Å². The predicted octanol–water partition coefficient (Wildman–Crippen LogP) is 6.13. The Balaban J connectivity index is 1.54. The summed E-state index contributed by atoms with van der Waals surface area (Å²) in [5.41, 5.74) is 1.73. The van der Waals surface area contributed by atoms with Crippen molar-refractivity contribution in [3.05, 3.63) is 64.2 Å². The minimum absolute atomic E-state index is 0.00849. The van der Waals surface area contributed by atoms with Crippen LogP contribution in [0.3, 0.4) is 0 Å². The van der Waals surface area contributed by atoms with Crippen molar-refractivity contribution in [2.45, 2.75) is 37.4 Å². The molecule has 0 spiro atoms. The van der Waals surface area contributed by atoms with Crippen molar-refractivity contribution in [1.29, 1.82) is 0 Å². The summed E-state index contributed by atoms with van der Waals surface area (Å²) in [7, 11) is 0. The molecular formula is C22H19ClF3NO3S. The molecule has 9 heteroatoms. The first-order valence-electron chi connectivity index (χ1n) is 9.71. The van der Waals surface area contributed by atoms with Crippen LogP contribution in [0.4, 0.5) is 13.2 Å². The van der Waals surface area contributed by atoms with Crippen LogP contribution in [-0.2, 0) is 17.6 Å². The minimum Gasteiger partial charge on any atom is -0.489 e. The second kappa shape index (κ2) is 8.31. The number of carboxylic acid groups (broad SMARTS) is 1. The third-order valence-electron chi connectivity index (χ3n) is 5.52. The first-order valence-corrected chi connectivity index (χ1v) is 10.9. The van der Waals surface area contributed by atoms with Gasteiger partial charge in [0.2, 0.25) is 0 Å². The zero-order valence-electron chi connectivity index (χ0n) is 16.4. The van der Waals surface area contributed by atoms with Crippen LogP contribution in [0.15, 0.2) is 42.5 Å². The Kier molecular flexibility index (Phi) is 5.87. The molecule has 0 radical (unpaired) electrons. The first kappa shape index (κ1) is 21.9. The highest BCUT2D eigenvalue weighted by Crippen LogP contribution is 2.48. The van der Waals surface area contributed by atoms with E-state index in [4.69, 9.17) is 21.4 Å².